The largest absolute Gasteiger partial charge is 0.507 e. The van der Waals surface area contributed by atoms with Crippen LogP contribution in [0.25, 0.3) is 10.8 Å². The Bertz CT molecular complexity index is 725. The summed E-state index contributed by atoms with van der Waals surface area (Å²) in [7, 11) is 0. The molecule has 2 aromatic rings. The number of aliphatic carboxylic acids is 1. The van der Waals surface area contributed by atoms with E-state index in [0.717, 1.165) is 10.8 Å². The van der Waals surface area contributed by atoms with E-state index < -0.39 is 11.9 Å². The fourth-order valence-electron chi connectivity index (χ4n) is 2.72. The van der Waals surface area contributed by atoms with Gasteiger partial charge < -0.3 is 15.1 Å². The normalized spacial score (nSPS) is 18.1. The summed E-state index contributed by atoms with van der Waals surface area (Å²) in [6.45, 7) is 0.600. The minimum Gasteiger partial charge on any atom is -0.507 e. The molecule has 0 spiro atoms. The Morgan fingerprint density at radius 3 is 2.43 bits per heavy atom. The lowest BCUT2D eigenvalue weighted by atomic mass is 10.0. The number of likely N-dealkylation sites (tertiary alicyclic amines) is 1. The van der Waals surface area contributed by atoms with Crippen molar-refractivity contribution in [3.05, 3.63) is 42.0 Å². The molecule has 2 N–H and O–H groups in total. The van der Waals surface area contributed by atoms with E-state index in [9.17, 15) is 14.7 Å². The molecule has 1 saturated heterocycles. The van der Waals surface area contributed by atoms with Crippen LogP contribution in [0, 0.1) is 5.92 Å². The first-order valence-electron chi connectivity index (χ1n) is 6.80. The molecule has 1 atom stereocenters. The topological polar surface area (TPSA) is 77.8 Å². The molecular weight excluding hydrogens is 270 g/mol. The summed E-state index contributed by atoms with van der Waals surface area (Å²) in [6.07, 6.45) is 0.454. The summed E-state index contributed by atoms with van der Waals surface area (Å²) in [5.74, 6) is -1.79. The van der Waals surface area contributed by atoms with Crippen LogP contribution < -0.4 is 0 Å². The molecule has 1 aliphatic heterocycles. The summed E-state index contributed by atoms with van der Waals surface area (Å²) in [5, 5.41) is 20.8. The zero-order valence-corrected chi connectivity index (χ0v) is 11.3. The van der Waals surface area contributed by atoms with Gasteiger partial charge in [0.1, 0.15) is 5.75 Å². The van der Waals surface area contributed by atoms with Gasteiger partial charge in [-0.1, -0.05) is 24.3 Å². The summed E-state index contributed by atoms with van der Waals surface area (Å²) in [5.41, 5.74) is 0.222. The molecule has 1 unspecified atom stereocenters. The van der Waals surface area contributed by atoms with Crippen LogP contribution in [0.1, 0.15) is 16.8 Å². The molecule has 0 saturated carbocycles. The third-order valence-electron chi connectivity index (χ3n) is 3.92. The summed E-state index contributed by atoms with van der Waals surface area (Å²) < 4.78 is 0. The number of hydrogen-bond donors (Lipinski definition) is 2. The second-order valence-corrected chi connectivity index (χ2v) is 5.29. The lowest BCUT2D eigenvalue weighted by molar-refractivity contribution is -0.141. The third kappa shape index (κ3) is 2.42. The van der Waals surface area contributed by atoms with Crippen molar-refractivity contribution in [1.29, 1.82) is 0 Å². The zero-order valence-electron chi connectivity index (χ0n) is 11.3. The van der Waals surface area contributed by atoms with Crippen molar-refractivity contribution in [2.75, 3.05) is 13.1 Å². The molecule has 0 aliphatic carbocycles. The molecule has 1 amide bonds. The van der Waals surface area contributed by atoms with E-state index in [1.807, 2.05) is 24.3 Å². The van der Waals surface area contributed by atoms with Gasteiger partial charge in [-0.3, -0.25) is 9.59 Å². The predicted molar refractivity (Wildman–Crippen MR) is 77.3 cm³/mol. The second kappa shape index (κ2) is 5.09. The number of fused-ring (bicyclic) bond motifs is 1. The number of hydrogen-bond acceptors (Lipinski definition) is 3. The number of aromatic hydroxyl groups is 1. The van der Waals surface area contributed by atoms with E-state index in [2.05, 4.69) is 0 Å². The predicted octanol–water partition coefficient (Wildman–Crippen LogP) is 2.09. The number of carboxylic acids is 1. The third-order valence-corrected chi connectivity index (χ3v) is 3.92. The van der Waals surface area contributed by atoms with Crippen molar-refractivity contribution in [3.8, 4) is 5.75 Å². The van der Waals surface area contributed by atoms with Crippen molar-refractivity contribution < 1.29 is 19.8 Å². The van der Waals surface area contributed by atoms with Gasteiger partial charge in [-0.05, 0) is 29.3 Å². The summed E-state index contributed by atoms with van der Waals surface area (Å²) >= 11 is 0. The first-order chi connectivity index (χ1) is 10.1. The van der Waals surface area contributed by atoms with Crippen molar-refractivity contribution in [3.63, 3.8) is 0 Å². The average molecular weight is 285 g/mol. The Hall–Kier alpha value is -2.56. The van der Waals surface area contributed by atoms with Gasteiger partial charge in [0.05, 0.1) is 11.5 Å². The molecule has 1 aliphatic rings. The molecule has 3 rings (SSSR count). The van der Waals surface area contributed by atoms with Gasteiger partial charge in [-0.25, -0.2) is 0 Å². The Morgan fingerprint density at radius 1 is 1.14 bits per heavy atom. The maximum Gasteiger partial charge on any atom is 0.308 e. The summed E-state index contributed by atoms with van der Waals surface area (Å²) in [6, 6.07) is 10.7. The van der Waals surface area contributed by atoms with E-state index in [4.69, 9.17) is 5.11 Å². The van der Waals surface area contributed by atoms with Gasteiger partial charge in [0.2, 0.25) is 0 Å². The van der Waals surface area contributed by atoms with Crippen LogP contribution in [-0.2, 0) is 4.79 Å². The van der Waals surface area contributed by atoms with Crippen LogP contribution in [0.2, 0.25) is 0 Å². The van der Waals surface area contributed by atoms with E-state index in [0.29, 0.717) is 13.0 Å². The highest BCUT2D eigenvalue weighted by Gasteiger charge is 2.32. The smallest absolute Gasteiger partial charge is 0.308 e. The SMILES string of the molecule is O=C(O)C1CCN(C(=O)c2cc3ccccc3cc2O)C1. The van der Waals surface area contributed by atoms with Gasteiger partial charge >= 0.3 is 5.97 Å². The minimum absolute atomic E-state index is 0.0718. The lowest BCUT2D eigenvalue weighted by Gasteiger charge is -2.17. The van der Waals surface area contributed by atoms with Crippen LogP contribution in [0.15, 0.2) is 36.4 Å². The minimum atomic E-state index is -0.881. The van der Waals surface area contributed by atoms with E-state index >= 15 is 0 Å². The molecule has 1 fully saturated rings. The number of amides is 1. The van der Waals surface area contributed by atoms with Gasteiger partial charge in [0.25, 0.3) is 5.91 Å². The first-order valence-corrected chi connectivity index (χ1v) is 6.80. The van der Waals surface area contributed by atoms with E-state index in [-0.39, 0.29) is 23.8 Å². The van der Waals surface area contributed by atoms with E-state index in [1.54, 1.807) is 12.1 Å². The Morgan fingerprint density at radius 2 is 1.81 bits per heavy atom. The standard InChI is InChI=1S/C16H15NO4/c18-14-8-11-4-2-1-3-10(11)7-13(14)15(19)17-6-5-12(9-17)16(20)21/h1-4,7-8,12,18H,5-6,9H2,(H,20,21). The molecule has 5 nitrogen and oxygen atoms in total. The first kappa shape index (κ1) is 13.4. The molecule has 2 aromatic carbocycles. The average Bonchev–Trinajstić information content (AvgIpc) is 2.96. The van der Waals surface area contributed by atoms with Crippen molar-refractivity contribution in [2.24, 2.45) is 5.92 Å². The number of carbonyl (C=O) groups excluding carboxylic acids is 1. The molecule has 1 heterocycles. The van der Waals surface area contributed by atoms with Crippen LogP contribution in [0.4, 0.5) is 0 Å². The van der Waals surface area contributed by atoms with Gasteiger partial charge in [0.15, 0.2) is 0 Å². The number of phenols is 1. The van der Waals surface area contributed by atoms with Gasteiger partial charge in [-0.2, -0.15) is 0 Å². The number of rotatable bonds is 2. The van der Waals surface area contributed by atoms with Crippen LogP contribution in [0.3, 0.4) is 0 Å². The Kier molecular flexibility index (Phi) is 3.25. The molecule has 0 bridgehead atoms. The molecule has 21 heavy (non-hydrogen) atoms. The number of benzene rings is 2. The van der Waals surface area contributed by atoms with E-state index in [1.165, 1.54) is 4.90 Å². The van der Waals surface area contributed by atoms with Crippen molar-refractivity contribution >= 4 is 22.6 Å². The molecular formula is C16H15NO4. The fourth-order valence-corrected chi connectivity index (χ4v) is 2.72. The number of nitrogens with zero attached hydrogens (tertiary/aromatic N) is 1. The molecule has 0 aromatic heterocycles. The molecule has 0 radical (unpaired) electrons. The molecule has 5 heteroatoms. The van der Waals surface area contributed by atoms with Gasteiger partial charge in [-0.15, -0.1) is 0 Å². The maximum absolute atomic E-state index is 12.5. The monoisotopic (exact) mass is 285 g/mol. The molecule has 108 valence electrons. The Labute approximate surface area is 121 Å². The van der Waals surface area contributed by atoms with Crippen molar-refractivity contribution in [2.45, 2.75) is 6.42 Å². The lowest BCUT2D eigenvalue weighted by Crippen LogP contribution is -2.30. The summed E-state index contributed by atoms with van der Waals surface area (Å²) in [4.78, 5) is 24.9. The fraction of sp³-hybridized carbons (Fsp3) is 0.250. The Balaban J connectivity index is 1.91. The number of carbonyl (C=O) groups is 2. The van der Waals surface area contributed by atoms with Gasteiger partial charge in [0, 0.05) is 13.1 Å². The number of carboxylic acid groups (broad SMARTS) is 1. The second-order valence-electron chi connectivity index (χ2n) is 5.29. The van der Waals surface area contributed by atoms with Crippen LogP contribution in [0.5, 0.6) is 5.75 Å². The number of phenolic OH excluding ortho intramolecular Hbond substituents is 1. The maximum atomic E-state index is 12.5. The quantitative estimate of drug-likeness (QED) is 0.885. The van der Waals surface area contributed by atoms with Crippen molar-refractivity contribution in [1.82, 2.24) is 4.90 Å². The highest BCUT2D eigenvalue weighted by Crippen LogP contribution is 2.28. The van der Waals surface area contributed by atoms with Crippen LogP contribution >= 0.6 is 0 Å². The highest BCUT2D eigenvalue weighted by atomic mass is 16.4. The van der Waals surface area contributed by atoms with Crippen LogP contribution in [-0.4, -0.2) is 40.1 Å². The zero-order chi connectivity index (χ0) is 15.0. The highest BCUT2D eigenvalue weighted by molar-refractivity contribution is 6.01.